The van der Waals surface area contributed by atoms with Crippen molar-refractivity contribution in [3.63, 3.8) is 0 Å². The second kappa shape index (κ2) is 6.72. The number of amides is 1. The molecule has 1 aromatic rings. The topological polar surface area (TPSA) is 73.6 Å². The van der Waals surface area contributed by atoms with Gasteiger partial charge in [-0.1, -0.05) is 12.1 Å². The molecule has 1 amide bonds. The van der Waals surface area contributed by atoms with Crippen LogP contribution in [0.25, 0.3) is 0 Å². The summed E-state index contributed by atoms with van der Waals surface area (Å²) < 4.78 is 10.4. The Hall–Kier alpha value is -1.59. The number of ether oxygens (including phenoxy) is 2. The fourth-order valence-corrected chi connectivity index (χ4v) is 2.41. The lowest BCUT2D eigenvalue weighted by Gasteiger charge is -2.37. The molecule has 3 N–H and O–H groups in total. The summed E-state index contributed by atoms with van der Waals surface area (Å²) in [6.07, 6.45) is 1.91. The minimum Gasteiger partial charge on any atom is -0.497 e. The van der Waals surface area contributed by atoms with Crippen molar-refractivity contribution in [3.05, 3.63) is 29.8 Å². The maximum Gasteiger partial charge on any atom is 0.224 e. The molecule has 0 bridgehead atoms. The second-order valence-electron chi connectivity index (χ2n) is 5.17. The van der Waals surface area contributed by atoms with E-state index in [0.717, 1.165) is 24.2 Å². The van der Waals surface area contributed by atoms with Gasteiger partial charge in [-0.2, -0.15) is 0 Å². The van der Waals surface area contributed by atoms with E-state index in [9.17, 15) is 4.79 Å². The van der Waals surface area contributed by atoms with Crippen molar-refractivity contribution in [2.75, 3.05) is 26.9 Å². The molecule has 110 valence electrons. The van der Waals surface area contributed by atoms with Crippen LogP contribution in [-0.4, -0.2) is 38.3 Å². The van der Waals surface area contributed by atoms with Gasteiger partial charge in [0, 0.05) is 19.8 Å². The monoisotopic (exact) mass is 278 g/mol. The molecule has 0 saturated carbocycles. The van der Waals surface area contributed by atoms with Crippen LogP contribution in [0.2, 0.25) is 0 Å². The average molecular weight is 278 g/mol. The smallest absolute Gasteiger partial charge is 0.224 e. The molecule has 0 unspecified atom stereocenters. The predicted molar refractivity (Wildman–Crippen MR) is 76.7 cm³/mol. The minimum atomic E-state index is -0.304. The van der Waals surface area contributed by atoms with Crippen LogP contribution in [0.1, 0.15) is 18.4 Å². The summed E-state index contributed by atoms with van der Waals surface area (Å²) in [5, 5.41) is 3.08. The third-order valence-corrected chi connectivity index (χ3v) is 3.77. The number of rotatable bonds is 5. The number of hydrogen-bond donors (Lipinski definition) is 2. The molecule has 1 aliphatic rings. The first-order chi connectivity index (χ1) is 9.67. The number of carbonyl (C=O) groups is 1. The standard InChI is InChI=1S/C15H22N2O3/c1-19-13-4-2-12(3-5-13)10-14(18)17-15(11-16)6-8-20-9-7-15/h2-5H,6-11,16H2,1H3,(H,17,18). The number of carbonyl (C=O) groups excluding carboxylic acids is 1. The largest absolute Gasteiger partial charge is 0.497 e. The summed E-state index contributed by atoms with van der Waals surface area (Å²) in [6.45, 7) is 1.75. The van der Waals surface area contributed by atoms with E-state index >= 15 is 0 Å². The van der Waals surface area contributed by atoms with Gasteiger partial charge >= 0.3 is 0 Å². The summed E-state index contributed by atoms with van der Waals surface area (Å²) in [4.78, 5) is 12.2. The fourth-order valence-electron chi connectivity index (χ4n) is 2.41. The van der Waals surface area contributed by atoms with E-state index in [4.69, 9.17) is 15.2 Å². The summed E-state index contributed by atoms with van der Waals surface area (Å²) in [7, 11) is 1.62. The van der Waals surface area contributed by atoms with Gasteiger partial charge in [0.25, 0.3) is 0 Å². The fraction of sp³-hybridized carbons (Fsp3) is 0.533. The lowest BCUT2D eigenvalue weighted by molar-refractivity contribution is -0.123. The first kappa shape index (κ1) is 14.8. The van der Waals surface area contributed by atoms with E-state index in [1.807, 2.05) is 24.3 Å². The van der Waals surface area contributed by atoms with Crippen LogP contribution < -0.4 is 15.8 Å². The van der Waals surface area contributed by atoms with Gasteiger partial charge in [0.05, 0.1) is 19.1 Å². The second-order valence-corrected chi connectivity index (χ2v) is 5.17. The van der Waals surface area contributed by atoms with Crippen LogP contribution in [-0.2, 0) is 16.0 Å². The highest BCUT2D eigenvalue weighted by atomic mass is 16.5. The van der Waals surface area contributed by atoms with E-state index in [2.05, 4.69) is 5.32 Å². The Balaban J connectivity index is 1.93. The average Bonchev–Trinajstić information content (AvgIpc) is 2.49. The maximum absolute atomic E-state index is 12.2. The number of methoxy groups -OCH3 is 1. The Kier molecular flexibility index (Phi) is 4.98. The SMILES string of the molecule is COc1ccc(CC(=O)NC2(CN)CCOCC2)cc1. The molecule has 1 fully saturated rings. The zero-order chi connectivity index (χ0) is 14.4. The van der Waals surface area contributed by atoms with E-state index in [0.29, 0.717) is 26.2 Å². The van der Waals surface area contributed by atoms with E-state index in [1.54, 1.807) is 7.11 Å². The highest BCUT2D eigenvalue weighted by Gasteiger charge is 2.32. The quantitative estimate of drug-likeness (QED) is 0.838. The van der Waals surface area contributed by atoms with Crippen molar-refractivity contribution < 1.29 is 14.3 Å². The molecule has 0 aromatic heterocycles. The summed E-state index contributed by atoms with van der Waals surface area (Å²) in [5.41, 5.74) is 6.49. The first-order valence-electron chi connectivity index (χ1n) is 6.89. The zero-order valence-electron chi connectivity index (χ0n) is 11.9. The molecule has 1 aromatic carbocycles. The number of nitrogens with one attached hydrogen (secondary N) is 1. The van der Waals surface area contributed by atoms with Crippen LogP contribution in [0, 0.1) is 0 Å². The lowest BCUT2D eigenvalue weighted by Crippen LogP contribution is -2.57. The first-order valence-corrected chi connectivity index (χ1v) is 6.89. The Morgan fingerprint density at radius 1 is 1.35 bits per heavy atom. The third kappa shape index (κ3) is 3.71. The molecular weight excluding hydrogens is 256 g/mol. The Bertz CT molecular complexity index is 439. The van der Waals surface area contributed by atoms with Gasteiger partial charge in [0.2, 0.25) is 5.91 Å². The van der Waals surface area contributed by atoms with Gasteiger partial charge in [-0.3, -0.25) is 4.79 Å². The molecule has 5 nitrogen and oxygen atoms in total. The Morgan fingerprint density at radius 2 is 2.00 bits per heavy atom. The predicted octanol–water partition coefficient (Wildman–Crippen LogP) is 0.862. The molecule has 0 spiro atoms. The summed E-state index contributed by atoms with van der Waals surface area (Å²) >= 11 is 0. The molecule has 1 heterocycles. The van der Waals surface area contributed by atoms with Crippen LogP contribution in [0.5, 0.6) is 5.75 Å². The van der Waals surface area contributed by atoms with Crippen molar-refractivity contribution in [1.29, 1.82) is 0 Å². The van der Waals surface area contributed by atoms with E-state index in [1.165, 1.54) is 0 Å². The summed E-state index contributed by atoms with van der Waals surface area (Å²) in [6, 6.07) is 7.51. The van der Waals surface area contributed by atoms with E-state index in [-0.39, 0.29) is 11.4 Å². The molecule has 20 heavy (non-hydrogen) atoms. The van der Waals surface area contributed by atoms with Gasteiger partial charge in [-0.15, -0.1) is 0 Å². The summed E-state index contributed by atoms with van der Waals surface area (Å²) in [5.74, 6) is 0.791. The molecule has 1 saturated heterocycles. The Labute approximate surface area is 119 Å². The van der Waals surface area contributed by atoms with Crippen molar-refractivity contribution in [1.82, 2.24) is 5.32 Å². The van der Waals surface area contributed by atoms with Crippen LogP contribution >= 0.6 is 0 Å². The number of hydrogen-bond acceptors (Lipinski definition) is 4. The van der Waals surface area contributed by atoms with Crippen LogP contribution in [0.4, 0.5) is 0 Å². The van der Waals surface area contributed by atoms with Gasteiger partial charge in [-0.05, 0) is 30.5 Å². The van der Waals surface area contributed by atoms with Gasteiger partial charge in [0.15, 0.2) is 0 Å². The molecule has 0 atom stereocenters. The molecule has 1 aliphatic heterocycles. The van der Waals surface area contributed by atoms with Gasteiger partial charge < -0.3 is 20.5 Å². The minimum absolute atomic E-state index is 0.00233. The molecular formula is C15H22N2O3. The Morgan fingerprint density at radius 3 is 2.55 bits per heavy atom. The highest BCUT2D eigenvalue weighted by molar-refractivity contribution is 5.79. The maximum atomic E-state index is 12.2. The normalized spacial score (nSPS) is 17.5. The van der Waals surface area contributed by atoms with Crippen molar-refractivity contribution in [2.45, 2.75) is 24.8 Å². The molecule has 0 aliphatic carbocycles. The third-order valence-electron chi connectivity index (χ3n) is 3.77. The van der Waals surface area contributed by atoms with Crippen molar-refractivity contribution in [2.24, 2.45) is 5.73 Å². The number of benzene rings is 1. The number of nitrogens with two attached hydrogens (primary N) is 1. The highest BCUT2D eigenvalue weighted by Crippen LogP contribution is 2.20. The van der Waals surface area contributed by atoms with Gasteiger partial charge in [0.1, 0.15) is 5.75 Å². The van der Waals surface area contributed by atoms with Gasteiger partial charge in [-0.25, -0.2) is 0 Å². The molecule has 0 radical (unpaired) electrons. The van der Waals surface area contributed by atoms with Crippen LogP contribution in [0.15, 0.2) is 24.3 Å². The van der Waals surface area contributed by atoms with Crippen molar-refractivity contribution in [3.8, 4) is 5.75 Å². The lowest BCUT2D eigenvalue weighted by atomic mass is 9.90. The van der Waals surface area contributed by atoms with Crippen LogP contribution in [0.3, 0.4) is 0 Å². The zero-order valence-corrected chi connectivity index (χ0v) is 11.9. The molecule has 2 rings (SSSR count). The molecule has 5 heteroatoms. The van der Waals surface area contributed by atoms with Crippen molar-refractivity contribution >= 4 is 5.91 Å². The van der Waals surface area contributed by atoms with E-state index < -0.39 is 0 Å².